The van der Waals surface area contributed by atoms with Gasteiger partial charge in [-0.25, -0.2) is 4.39 Å². The number of nitrogens with one attached hydrogen (secondary N) is 2. The van der Waals surface area contributed by atoms with E-state index in [0.717, 1.165) is 48.1 Å². The molecule has 1 aliphatic carbocycles. The van der Waals surface area contributed by atoms with Gasteiger partial charge in [0.2, 0.25) is 5.91 Å². The topological polar surface area (TPSA) is 70.6 Å². The van der Waals surface area contributed by atoms with Crippen LogP contribution in [-0.2, 0) is 17.6 Å². The first-order chi connectivity index (χ1) is 15.8. The summed E-state index contributed by atoms with van der Waals surface area (Å²) in [4.78, 5) is 11.8. The average Bonchev–Trinajstić information content (AvgIpc) is 2.75. The molecule has 0 unspecified atom stereocenters. The zero-order valence-corrected chi connectivity index (χ0v) is 19.5. The predicted octanol–water partition coefficient (Wildman–Crippen LogP) is 4.03. The van der Waals surface area contributed by atoms with Gasteiger partial charge in [-0.1, -0.05) is 42.5 Å². The lowest BCUT2D eigenvalue weighted by Crippen LogP contribution is -2.52. The normalized spacial score (nSPS) is 21.3. The minimum atomic E-state index is -0.907. The molecule has 1 amide bonds. The fourth-order valence-corrected chi connectivity index (χ4v) is 5.05. The third-order valence-corrected chi connectivity index (χ3v) is 6.86. The minimum Gasteiger partial charge on any atom is -0.487 e. The number of rotatable bonds is 9. The number of carbonyl (C=O) groups excluding carboxylic acids is 1. The molecule has 1 heterocycles. The molecule has 0 radical (unpaired) electrons. The molecule has 5 nitrogen and oxygen atoms in total. The Labute approximate surface area is 195 Å². The first kappa shape index (κ1) is 23.7. The molecule has 1 aliphatic heterocycles. The number of fused-ring (bicyclic) bond motifs is 1. The van der Waals surface area contributed by atoms with Crippen LogP contribution in [0.1, 0.15) is 62.3 Å². The molecule has 33 heavy (non-hydrogen) atoms. The zero-order chi connectivity index (χ0) is 23.4. The lowest BCUT2D eigenvalue weighted by Gasteiger charge is -2.48. The van der Waals surface area contributed by atoms with Crippen molar-refractivity contribution < 1.29 is 19.0 Å². The summed E-state index contributed by atoms with van der Waals surface area (Å²) in [5.74, 6) is 0.690. The molecule has 0 bridgehead atoms. The summed E-state index contributed by atoms with van der Waals surface area (Å²) in [6.45, 7) is 3.38. The van der Waals surface area contributed by atoms with Crippen molar-refractivity contribution in [1.82, 2.24) is 10.6 Å². The summed E-state index contributed by atoms with van der Waals surface area (Å²) < 4.78 is 20.0. The zero-order valence-electron chi connectivity index (χ0n) is 19.5. The summed E-state index contributed by atoms with van der Waals surface area (Å²) in [6, 6.07) is 15.4. The van der Waals surface area contributed by atoms with Crippen LogP contribution in [0.4, 0.5) is 4.39 Å². The number of hydrogen-bond acceptors (Lipinski definition) is 4. The molecule has 4 rings (SSSR count). The molecular formula is C27H35FN2O3. The Bertz CT molecular complexity index is 946. The average molecular weight is 455 g/mol. The third kappa shape index (κ3) is 5.92. The lowest BCUT2D eigenvalue weighted by atomic mass is 9.72. The molecule has 3 N–H and O–H groups in total. The van der Waals surface area contributed by atoms with Crippen molar-refractivity contribution in [1.29, 1.82) is 0 Å². The number of aliphatic hydroxyl groups excluding tert-OH is 1. The third-order valence-electron chi connectivity index (χ3n) is 6.86. The summed E-state index contributed by atoms with van der Waals surface area (Å²) in [5.41, 5.74) is 2.89. The van der Waals surface area contributed by atoms with Gasteiger partial charge in [0, 0.05) is 37.9 Å². The van der Waals surface area contributed by atoms with Crippen molar-refractivity contribution in [3.05, 3.63) is 65.2 Å². The van der Waals surface area contributed by atoms with Crippen LogP contribution in [0.2, 0.25) is 0 Å². The summed E-state index contributed by atoms with van der Waals surface area (Å²) >= 11 is 0. The molecule has 1 spiro atoms. The van der Waals surface area contributed by atoms with Crippen molar-refractivity contribution in [3.8, 4) is 5.75 Å². The molecule has 4 atom stereocenters. The van der Waals surface area contributed by atoms with E-state index in [1.54, 1.807) is 6.92 Å². The number of benzene rings is 2. The van der Waals surface area contributed by atoms with Gasteiger partial charge in [-0.2, -0.15) is 0 Å². The van der Waals surface area contributed by atoms with E-state index in [2.05, 4.69) is 10.6 Å². The van der Waals surface area contributed by atoms with Gasteiger partial charge in [-0.3, -0.25) is 4.79 Å². The van der Waals surface area contributed by atoms with E-state index in [-0.39, 0.29) is 17.6 Å². The number of alkyl halides is 1. The second-order valence-corrected chi connectivity index (χ2v) is 9.72. The van der Waals surface area contributed by atoms with Crippen LogP contribution in [0.25, 0.3) is 0 Å². The molecule has 0 aromatic heterocycles. The molecule has 1 saturated carbocycles. The summed E-state index contributed by atoms with van der Waals surface area (Å²) in [5, 5.41) is 17.5. The molecule has 2 aliphatic rings. The van der Waals surface area contributed by atoms with Gasteiger partial charge < -0.3 is 20.5 Å². The molecule has 2 aromatic rings. The fourth-order valence-electron chi connectivity index (χ4n) is 5.05. The van der Waals surface area contributed by atoms with Crippen LogP contribution in [0.3, 0.4) is 0 Å². The maximum Gasteiger partial charge on any atom is 0.217 e. The first-order valence-corrected chi connectivity index (χ1v) is 12.0. The van der Waals surface area contributed by atoms with E-state index in [1.807, 2.05) is 48.5 Å². The Balaban J connectivity index is 1.48. The van der Waals surface area contributed by atoms with Gasteiger partial charge in [-0.05, 0) is 49.8 Å². The van der Waals surface area contributed by atoms with Gasteiger partial charge in [0.15, 0.2) is 0 Å². The molecule has 2 aromatic carbocycles. The van der Waals surface area contributed by atoms with E-state index < -0.39 is 18.3 Å². The van der Waals surface area contributed by atoms with Crippen LogP contribution in [-0.4, -0.2) is 41.5 Å². The number of carbonyl (C=O) groups is 1. The smallest absolute Gasteiger partial charge is 0.217 e. The van der Waals surface area contributed by atoms with Crippen molar-refractivity contribution >= 4 is 5.91 Å². The van der Waals surface area contributed by atoms with Crippen LogP contribution < -0.4 is 15.4 Å². The van der Waals surface area contributed by atoms with Crippen LogP contribution in [0, 0.1) is 0 Å². The highest BCUT2D eigenvalue weighted by Crippen LogP contribution is 2.49. The number of ether oxygens (including phenoxy) is 1. The second kappa shape index (κ2) is 10.2. The van der Waals surface area contributed by atoms with Gasteiger partial charge in [-0.15, -0.1) is 0 Å². The van der Waals surface area contributed by atoms with Crippen LogP contribution in [0.15, 0.2) is 48.5 Å². The lowest BCUT2D eigenvalue weighted by molar-refractivity contribution is -0.120. The highest BCUT2D eigenvalue weighted by atomic mass is 19.1. The van der Waals surface area contributed by atoms with Crippen LogP contribution in [0.5, 0.6) is 5.75 Å². The Morgan fingerprint density at radius 3 is 2.58 bits per heavy atom. The summed E-state index contributed by atoms with van der Waals surface area (Å²) in [7, 11) is 0. The fraction of sp³-hybridized carbons (Fsp3) is 0.519. The highest BCUT2D eigenvalue weighted by Gasteiger charge is 2.45. The Morgan fingerprint density at radius 1 is 1.18 bits per heavy atom. The van der Waals surface area contributed by atoms with Crippen molar-refractivity contribution in [2.45, 2.75) is 82.3 Å². The molecule has 1 fully saturated rings. The van der Waals surface area contributed by atoms with E-state index in [1.165, 1.54) is 6.92 Å². The Kier molecular flexibility index (Phi) is 7.35. The van der Waals surface area contributed by atoms with Crippen molar-refractivity contribution in [2.75, 3.05) is 6.54 Å². The monoisotopic (exact) mass is 454 g/mol. The highest BCUT2D eigenvalue weighted by molar-refractivity contribution is 5.73. The standard InChI is InChI=1S/C27H35FN2O3/c1-18(28)13-21-9-10-26-22(14-21)24(16-27(33-26)11-6-12-27)29-17-25(32)23(30-19(2)31)15-20-7-4-3-5-8-20/h3-5,7-10,14,18,23-25,29,32H,6,11-13,15-17H2,1-2H3,(H,30,31)/t18-,23+,24+,25+/m1/s1. The number of halogens is 1. The first-order valence-electron chi connectivity index (χ1n) is 12.0. The van der Waals surface area contributed by atoms with Gasteiger partial charge in [0.05, 0.1) is 12.1 Å². The number of hydrogen-bond donors (Lipinski definition) is 3. The molecule has 178 valence electrons. The summed E-state index contributed by atoms with van der Waals surface area (Å²) in [6.07, 6.45) is 3.29. The quantitative estimate of drug-likeness (QED) is 0.535. The predicted molar refractivity (Wildman–Crippen MR) is 127 cm³/mol. The van der Waals surface area contributed by atoms with Crippen molar-refractivity contribution in [3.63, 3.8) is 0 Å². The largest absolute Gasteiger partial charge is 0.487 e. The number of amides is 1. The minimum absolute atomic E-state index is 0.00766. The van der Waals surface area contributed by atoms with Gasteiger partial charge >= 0.3 is 0 Å². The Morgan fingerprint density at radius 2 is 1.94 bits per heavy atom. The van der Waals surface area contributed by atoms with Crippen LogP contribution >= 0.6 is 0 Å². The van der Waals surface area contributed by atoms with E-state index >= 15 is 0 Å². The molecular weight excluding hydrogens is 419 g/mol. The maximum absolute atomic E-state index is 13.6. The second-order valence-electron chi connectivity index (χ2n) is 9.72. The van der Waals surface area contributed by atoms with E-state index in [0.29, 0.717) is 19.4 Å². The van der Waals surface area contributed by atoms with Crippen molar-refractivity contribution in [2.24, 2.45) is 0 Å². The van der Waals surface area contributed by atoms with Gasteiger partial charge in [0.1, 0.15) is 17.5 Å². The molecule has 6 heteroatoms. The van der Waals surface area contributed by atoms with Gasteiger partial charge in [0.25, 0.3) is 0 Å². The van der Waals surface area contributed by atoms with E-state index in [4.69, 9.17) is 4.74 Å². The Hall–Kier alpha value is -2.44. The molecule has 0 saturated heterocycles. The maximum atomic E-state index is 13.6. The SMILES string of the molecule is CC(=O)N[C@@H](Cc1ccccc1)[C@@H](O)CN[C@H]1CC2(CCC2)Oc2ccc(C[C@@H](C)F)cc21. The number of aliphatic hydroxyl groups is 1. The van der Waals surface area contributed by atoms with E-state index in [9.17, 15) is 14.3 Å².